The standard InChI is InChI=1S/C25H27F2N5O/c1-5-18-15-32(19(6-2)14-31(18)13-16-7-8-17(26)11-20(16)27)22-12-24(33)30(4)21-9-10-23(28-3)29-25(21)22/h7-12,18-19H,5-6,13-15H2,1-2,4H3/t18-,19+/m1/s1. The monoisotopic (exact) mass is 451 g/mol. The maximum atomic E-state index is 14.3. The Morgan fingerprint density at radius 1 is 1.09 bits per heavy atom. The smallest absolute Gasteiger partial charge is 0.270 e. The van der Waals surface area contributed by atoms with Crippen molar-refractivity contribution in [1.29, 1.82) is 0 Å². The number of fused-ring (bicyclic) bond motifs is 1. The molecule has 1 aliphatic rings. The average Bonchev–Trinajstić information content (AvgIpc) is 2.82. The highest BCUT2D eigenvalue weighted by Gasteiger charge is 2.34. The number of hydrogen-bond donors (Lipinski definition) is 0. The lowest BCUT2D eigenvalue weighted by atomic mass is 10.00. The van der Waals surface area contributed by atoms with Crippen LogP contribution in [0.4, 0.5) is 20.3 Å². The van der Waals surface area contributed by atoms with Crippen LogP contribution in [0, 0.1) is 18.2 Å². The van der Waals surface area contributed by atoms with Gasteiger partial charge >= 0.3 is 0 Å². The molecule has 0 radical (unpaired) electrons. The molecule has 4 rings (SSSR count). The van der Waals surface area contributed by atoms with E-state index in [0.717, 1.165) is 24.6 Å². The van der Waals surface area contributed by atoms with E-state index < -0.39 is 11.6 Å². The molecule has 172 valence electrons. The Morgan fingerprint density at radius 2 is 1.85 bits per heavy atom. The van der Waals surface area contributed by atoms with Gasteiger partial charge in [-0.1, -0.05) is 26.5 Å². The summed E-state index contributed by atoms with van der Waals surface area (Å²) in [7, 11) is 1.70. The highest BCUT2D eigenvalue weighted by molar-refractivity contribution is 5.89. The molecule has 0 unspecified atom stereocenters. The number of rotatable bonds is 5. The molecule has 0 aliphatic carbocycles. The third-order valence-electron chi connectivity index (χ3n) is 6.62. The lowest BCUT2D eigenvalue weighted by molar-refractivity contribution is 0.135. The van der Waals surface area contributed by atoms with Crippen molar-refractivity contribution in [3.8, 4) is 0 Å². The van der Waals surface area contributed by atoms with Crippen molar-refractivity contribution in [2.75, 3.05) is 18.0 Å². The largest absolute Gasteiger partial charge is 0.362 e. The zero-order chi connectivity index (χ0) is 23.7. The van der Waals surface area contributed by atoms with E-state index in [0.29, 0.717) is 36.2 Å². The van der Waals surface area contributed by atoms with E-state index in [1.165, 1.54) is 12.1 Å². The second-order valence-corrected chi connectivity index (χ2v) is 8.52. The van der Waals surface area contributed by atoms with Crippen LogP contribution in [0.3, 0.4) is 0 Å². The van der Waals surface area contributed by atoms with Gasteiger partial charge in [0.1, 0.15) is 11.6 Å². The minimum Gasteiger partial charge on any atom is -0.362 e. The van der Waals surface area contributed by atoms with Gasteiger partial charge in [0.05, 0.1) is 11.2 Å². The van der Waals surface area contributed by atoms with Crippen LogP contribution in [0.2, 0.25) is 0 Å². The molecule has 2 atom stereocenters. The zero-order valence-corrected chi connectivity index (χ0v) is 19.1. The summed E-state index contributed by atoms with van der Waals surface area (Å²) in [6, 6.07) is 8.91. The molecule has 0 amide bonds. The molecule has 3 heterocycles. The molecule has 1 aromatic carbocycles. The van der Waals surface area contributed by atoms with Gasteiger partial charge in [-0.2, -0.15) is 0 Å². The van der Waals surface area contributed by atoms with Gasteiger partial charge in [0.2, 0.25) is 5.52 Å². The Labute approximate surface area is 191 Å². The van der Waals surface area contributed by atoms with Crippen LogP contribution < -0.4 is 10.5 Å². The van der Waals surface area contributed by atoms with Gasteiger partial charge in [-0.25, -0.2) is 8.78 Å². The number of anilines is 1. The second kappa shape index (κ2) is 9.28. The summed E-state index contributed by atoms with van der Waals surface area (Å²) in [5.74, 6) is -0.829. The number of benzene rings is 1. The molecule has 8 heteroatoms. The van der Waals surface area contributed by atoms with Gasteiger partial charge in [-0.3, -0.25) is 9.69 Å². The molecule has 0 spiro atoms. The van der Waals surface area contributed by atoms with Crippen LogP contribution in [0.25, 0.3) is 15.9 Å². The van der Waals surface area contributed by atoms with E-state index in [-0.39, 0.29) is 23.5 Å². The number of pyridine rings is 2. The van der Waals surface area contributed by atoms with E-state index in [9.17, 15) is 13.6 Å². The Hall–Kier alpha value is -3.31. The maximum absolute atomic E-state index is 14.3. The van der Waals surface area contributed by atoms with Crippen molar-refractivity contribution in [2.45, 2.75) is 45.3 Å². The van der Waals surface area contributed by atoms with Gasteiger partial charge in [0.25, 0.3) is 11.4 Å². The topological polar surface area (TPSA) is 45.7 Å². The van der Waals surface area contributed by atoms with Crippen molar-refractivity contribution < 1.29 is 8.78 Å². The Bertz CT molecular complexity index is 1280. The van der Waals surface area contributed by atoms with Gasteiger partial charge < -0.3 is 14.3 Å². The van der Waals surface area contributed by atoms with Crippen molar-refractivity contribution in [2.24, 2.45) is 7.05 Å². The molecule has 2 aromatic heterocycles. The number of aryl methyl sites for hydroxylation is 1. The summed E-state index contributed by atoms with van der Waals surface area (Å²) in [6.45, 7) is 13.2. The van der Waals surface area contributed by atoms with E-state index in [4.69, 9.17) is 6.57 Å². The summed E-state index contributed by atoms with van der Waals surface area (Å²) < 4.78 is 29.2. The fourth-order valence-electron chi connectivity index (χ4n) is 4.69. The molecule has 0 saturated carbocycles. The summed E-state index contributed by atoms with van der Waals surface area (Å²) in [6.07, 6.45) is 1.65. The van der Waals surface area contributed by atoms with Crippen molar-refractivity contribution >= 4 is 22.5 Å². The van der Waals surface area contributed by atoms with Crippen LogP contribution in [-0.2, 0) is 13.6 Å². The SMILES string of the molecule is [C-]#[N+]c1ccc2c(n1)c(N1C[C@@H](CC)N(Cc3ccc(F)cc3F)C[C@@H]1CC)cc(=O)n2C. The molecule has 1 fully saturated rings. The van der Waals surface area contributed by atoms with Crippen LogP contribution in [0.5, 0.6) is 0 Å². The summed E-state index contributed by atoms with van der Waals surface area (Å²) in [5.41, 5.74) is 2.39. The third-order valence-corrected chi connectivity index (χ3v) is 6.62. The highest BCUT2D eigenvalue weighted by Crippen LogP contribution is 2.32. The molecule has 0 bridgehead atoms. The first-order chi connectivity index (χ1) is 15.9. The summed E-state index contributed by atoms with van der Waals surface area (Å²) in [4.78, 5) is 25.2. The Morgan fingerprint density at radius 3 is 2.52 bits per heavy atom. The minimum atomic E-state index is -0.580. The van der Waals surface area contributed by atoms with E-state index in [2.05, 4.69) is 33.5 Å². The lowest BCUT2D eigenvalue weighted by Gasteiger charge is -2.47. The minimum absolute atomic E-state index is 0.0741. The number of nitrogens with zero attached hydrogens (tertiary/aromatic N) is 5. The van der Waals surface area contributed by atoms with Gasteiger partial charge in [-0.15, -0.1) is 4.98 Å². The van der Waals surface area contributed by atoms with Crippen LogP contribution in [-0.4, -0.2) is 39.6 Å². The summed E-state index contributed by atoms with van der Waals surface area (Å²) in [5, 5.41) is 0. The molecule has 1 saturated heterocycles. The zero-order valence-electron chi connectivity index (χ0n) is 19.1. The first kappa shape index (κ1) is 22.9. The van der Waals surface area contributed by atoms with Gasteiger partial charge in [-0.05, 0) is 31.0 Å². The normalized spacial score (nSPS) is 19.1. The third kappa shape index (κ3) is 4.33. The first-order valence-corrected chi connectivity index (χ1v) is 11.2. The van der Waals surface area contributed by atoms with E-state index in [1.54, 1.807) is 29.8 Å². The van der Waals surface area contributed by atoms with Crippen LogP contribution in [0.1, 0.15) is 32.3 Å². The molecule has 3 aromatic rings. The first-order valence-electron chi connectivity index (χ1n) is 11.2. The molecule has 1 aliphatic heterocycles. The molecular formula is C25H27F2N5O. The van der Waals surface area contributed by atoms with E-state index >= 15 is 0 Å². The molecule has 33 heavy (non-hydrogen) atoms. The van der Waals surface area contributed by atoms with Crippen LogP contribution in [0.15, 0.2) is 41.2 Å². The number of aromatic nitrogens is 2. The lowest BCUT2D eigenvalue weighted by Crippen LogP contribution is -2.58. The average molecular weight is 452 g/mol. The van der Waals surface area contributed by atoms with E-state index in [1.807, 2.05) is 0 Å². The van der Waals surface area contributed by atoms with Crippen LogP contribution >= 0.6 is 0 Å². The van der Waals surface area contributed by atoms with Crippen molar-refractivity contribution in [3.63, 3.8) is 0 Å². The quantitative estimate of drug-likeness (QED) is 0.530. The maximum Gasteiger partial charge on any atom is 0.270 e. The number of piperazine rings is 1. The Balaban J connectivity index is 1.73. The van der Waals surface area contributed by atoms with Gasteiger partial charge in [0.15, 0.2) is 0 Å². The Kier molecular flexibility index (Phi) is 6.43. The fourth-order valence-corrected chi connectivity index (χ4v) is 4.69. The highest BCUT2D eigenvalue weighted by atomic mass is 19.1. The molecule has 0 N–H and O–H groups in total. The number of hydrogen-bond acceptors (Lipinski definition) is 4. The second-order valence-electron chi connectivity index (χ2n) is 8.52. The number of halogens is 2. The van der Waals surface area contributed by atoms with Gasteiger partial charge in [0, 0.05) is 56.5 Å². The fraction of sp³-hybridized carbons (Fsp3) is 0.400. The molecular weight excluding hydrogens is 424 g/mol. The predicted octanol–water partition coefficient (Wildman–Crippen LogP) is 4.64. The van der Waals surface area contributed by atoms with Crippen molar-refractivity contribution in [3.05, 3.63) is 75.4 Å². The molecule has 6 nitrogen and oxygen atoms in total. The van der Waals surface area contributed by atoms with Crippen molar-refractivity contribution in [1.82, 2.24) is 14.5 Å². The summed E-state index contributed by atoms with van der Waals surface area (Å²) >= 11 is 0. The predicted molar refractivity (Wildman–Crippen MR) is 126 cm³/mol.